The number of halogens is 6. The maximum Gasteiger partial charge on any atom is 0.272 e. The van der Waals surface area contributed by atoms with Crippen LogP contribution in [0.1, 0.15) is 29.8 Å². The molecule has 0 atom stereocenters. The number of imidazole rings is 1. The summed E-state index contributed by atoms with van der Waals surface area (Å²) in [7, 11) is 1.63. The van der Waals surface area contributed by atoms with E-state index >= 15 is 0 Å². The third kappa shape index (κ3) is 7.45. The number of benzene rings is 3. The Balaban J connectivity index is 1.69. The fourth-order valence-electron chi connectivity index (χ4n) is 3.90. The van der Waals surface area contributed by atoms with Crippen molar-refractivity contribution in [2.45, 2.75) is 32.4 Å². The van der Waals surface area contributed by atoms with E-state index in [1.54, 1.807) is 23.7 Å². The topological polar surface area (TPSA) is 118 Å². The van der Waals surface area contributed by atoms with E-state index in [1.165, 1.54) is 38.1 Å². The molecule has 0 unspecified atom stereocenters. The van der Waals surface area contributed by atoms with Crippen molar-refractivity contribution in [1.82, 2.24) is 14.9 Å². The van der Waals surface area contributed by atoms with Crippen molar-refractivity contribution in [3.63, 3.8) is 0 Å². The Morgan fingerprint density at radius 2 is 1.81 bits per heavy atom. The first kappa shape index (κ1) is 32.2. The molecule has 0 saturated heterocycles. The van der Waals surface area contributed by atoms with Crippen molar-refractivity contribution in [3.05, 3.63) is 74.5 Å². The van der Waals surface area contributed by atoms with E-state index in [1.807, 2.05) is 0 Å². The zero-order chi connectivity index (χ0) is 31.6. The quantitative estimate of drug-likeness (QED) is 0.151. The fraction of sp³-hybridized carbons (Fsp3) is 0.250. The second kappa shape index (κ2) is 12.9. The summed E-state index contributed by atoms with van der Waals surface area (Å²) in [6.45, 7) is 1.72. The van der Waals surface area contributed by atoms with Gasteiger partial charge in [-0.05, 0) is 49.7 Å². The Hall–Kier alpha value is -3.71. The number of nitrogens with one attached hydrogen (secondary N) is 3. The Morgan fingerprint density at radius 1 is 1.09 bits per heavy atom. The van der Waals surface area contributed by atoms with Gasteiger partial charge in [0.2, 0.25) is 5.95 Å². The summed E-state index contributed by atoms with van der Waals surface area (Å²) in [6.07, 6.45) is -2.81. The first-order chi connectivity index (χ1) is 20.1. The molecular formula is C28H25Cl3F3N5O4. The van der Waals surface area contributed by atoms with Crippen LogP contribution in [0.4, 0.5) is 30.5 Å². The lowest BCUT2D eigenvalue weighted by molar-refractivity contribution is -0.136. The number of amides is 2. The van der Waals surface area contributed by atoms with Gasteiger partial charge in [-0.25, -0.2) is 18.2 Å². The number of carbonyl (C=O) groups excluding carboxylic acids is 2. The molecule has 4 aromatic rings. The number of fused-ring (bicyclic) bond motifs is 1. The third-order valence-corrected chi connectivity index (χ3v) is 7.21. The molecule has 4 N–H and O–H groups in total. The van der Waals surface area contributed by atoms with E-state index in [0.717, 1.165) is 6.07 Å². The summed E-state index contributed by atoms with van der Waals surface area (Å²) in [6, 6.07) is 9.47. The van der Waals surface area contributed by atoms with Gasteiger partial charge in [0.1, 0.15) is 23.8 Å². The zero-order valence-electron chi connectivity index (χ0n) is 22.9. The summed E-state index contributed by atoms with van der Waals surface area (Å²) in [5.74, 6) is -1.94. The van der Waals surface area contributed by atoms with Crippen LogP contribution in [-0.2, 0) is 18.4 Å². The predicted molar refractivity (Wildman–Crippen MR) is 159 cm³/mol. The van der Waals surface area contributed by atoms with Crippen LogP contribution in [0.25, 0.3) is 11.0 Å². The van der Waals surface area contributed by atoms with Crippen molar-refractivity contribution >= 4 is 75.0 Å². The second-order valence-electron chi connectivity index (χ2n) is 9.88. The van der Waals surface area contributed by atoms with Gasteiger partial charge in [-0.2, -0.15) is 0 Å². The summed E-state index contributed by atoms with van der Waals surface area (Å²) in [4.78, 5) is 29.8. The highest BCUT2D eigenvalue weighted by Crippen LogP contribution is 2.37. The van der Waals surface area contributed by atoms with Gasteiger partial charge < -0.3 is 30.4 Å². The number of aromatic nitrogens is 2. The third-order valence-electron chi connectivity index (χ3n) is 6.17. The van der Waals surface area contributed by atoms with Crippen LogP contribution in [0.15, 0.2) is 42.5 Å². The lowest BCUT2D eigenvalue weighted by Crippen LogP contribution is -2.41. The summed E-state index contributed by atoms with van der Waals surface area (Å²) < 4.78 is 46.4. The molecule has 2 amide bonds. The van der Waals surface area contributed by atoms with E-state index in [-0.39, 0.29) is 55.8 Å². The average molecular weight is 659 g/mol. The fourth-order valence-corrected chi connectivity index (χ4v) is 4.62. The number of aliphatic hydroxyl groups is 1. The first-order valence-electron chi connectivity index (χ1n) is 12.6. The Kier molecular flexibility index (Phi) is 9.65. The van der Waals surface area contributed by atoms with Gasteiger partial charge in [-0.15, -0.1) is 0 Å². The van der Waals surface area contributed by atoms with Crippen LogP contribution in [-0.4, -0.2) is 45.1 Å². The SMILES string of the molecule is Cn1c(Nc2c(Cl)ccc(CNC(=O)C(C)(C)O)c2Cl)nc2cc(C(=O)Nc3ccc(F)c(Cl)c3)c(OCC(F)F)cc21. The van der Waals surface area contributed by atoms with Crippen LogP contribution in [0.3, 0.4) is 0 Å². The maximum atomic E-state index is 13.6. The molecule has 0 fully saturated rings. The van der Waals surface area contributed by atoms with Crippen LogP contribution < -0.4 is 20.7 Å². The van der Waals surface area contributed by atoms with Gasteiger partial charge in [0.25, 0.3) is 18.2 Å². The monoisotopic (exact) mass is 657 g/mol. The highest BCUT2D eigenvalue weighted by Gasteiger charge is 2.24. The minimum absolute atomic E-state index is 0.00137. The zero-order valence-corrected chi connectivity index (χ0v) is 25.1. The molecule has 4 rings (SSSR count). The van der Waals surface area contributed by atoms with E-state index < -0.39 is 36.3 Å². The highest BCUT2D eigenvalue weighted by atomic mass is 35.5. The molecule has 43 heavy (non-hydrogen) atoms. The minimum atomic E-state index is -2.81. The number of hydrogen-bond donors (Lipinski definition) is 4. The van der Waals surface area contributed by atoms with Crippen molar-refractivity contribution in [2.75, 3.05) is 17.2 Å². The molecule has 1 aromatic heterocycles. The molecule has 0 spiro atoms. The maximum absolute atomic E-state index is 13.6. The smallest absolute Gasteiger partial charge is 0.272 e. The Morgan fingerprint density at radius 3 is 2.47 bits per heavy atom. The van der Waals surface area contributed by atoms with E-state index in [4.69, 9.17) is 39.5 Å². The predicted octanol–water partition coefficient (Wildman–Crippen LogP) is 6.70. The lowest BCUT2D eigenvalue weighted by Gasteiger charge is -2.18. The molecule has 9 nitrogen and oxygen atoms in total. The Labute approximate surface area is 258 Å². The first-order valence-corrected chi connectivity index (χ1v) is 13.7. The van der Waals surface area contributed by atoms with Gasteiger partial charge in [-0.3, -0.25) is 9.59 Å². The largest absolute Gasteiger partial charge is 0.487 e. The van der Waals surface area contributed by atoms with Gasteiger partial charge in [-0.1, -0.05) is 40.9 Å². The lowest BCUT2D eigenvalue weighted by atomic mass is 10.1. The number of aryl methyl sites for hydroxylation is 1. The van der Waals surface area contributed by atoms with E-state index in [9.17, 15) is 27.9 Å². The van der Waals surface area contributed by atoms with Gasteiger partial charge in [0, 0.05) is 25.3 Å². The molecule has 0 saturated carbocycles. The number of carbonyl (C=O) groups is 2. The summed E-state index contributed by atoms with van der Waals surface area (Å²) in [5.41, 5.74) is -0.0789. The average Bonchev–Trinajstić information content (AvgIpc) is 3.24. The van der Waals surface area contributed by atoms with Crippen molar-refractivity contribution < 1.29 is 32.6 Å². The van der Waals surface area contributed by atoms with Crippen LogP contribution in [0, 0.1) is 5.82 Å². The molecule has 0 aliphatic rings. The van der Waals surface area contributed by atoms with Gasteiger partial charge in [0.15, 0.2) is 0 Å². The molecule has 228 valence electrons. The van der Waals surface area contributed by atoms with Crippen LogP contribution >= 0.6 is 34.8 Å². The number of alkyl halides is 2. The normalized spacial score (nSPS) is 11.6. The number of ether oxygens (including phenoxy) is 1. The summed E-state index contributed by atoms with van der Waals surface area (Å²) in [5, 5.41) is 18.2. The molecule has 0 radical (unpaired) electrons. The van der Waals surface area contributed by atoms with Crippen molar-refractivity contribution in [3.8, 4) is 5.75 Å². The molecule has 1 heterocycles. The van der Waals surface area contributed by atoms with E-state index in [2.05, 4.69) is 20.9 Å². The Bertz CT molecular complexity index is 1710. The van der Waals surface area contributed by atoms with Crippen molar-refractivity contribution in [1.29, 1.82) is 0 Å². The van der Waals surface area contributed by atoms with Gasteiger partial charge in [0.05, 0.1) is 37.4 Å². The number of rotatable bonds is 10. The molecule has 0 aliphatic carbocycles. The highest BCUT2D eigenvalue weighted by molar-refractivity contribution is 6.39. The molecule has 3 aromatic carbocycles. The van der Waals surface area contributed by atoms with Crippen molar-refractivity contribution in [2.24, 2.45) is 7.05 Å². The molecular weight excluding hydrogens is 634 g/mol. The minimum Gasteiger partial charge on any atom is -0.487 e. The molecule has 0 aliphatic heterocycles. The summed E-state index contributed by atoms with van der Waals surface area (Å²) >= 11 is 18.8. The second-order valence-corrected chi connectivity index (χ2v) is 11.1. The standard InChI is InChI=1S/C28H25Cl3F3N5O4/c1-28(2,42)26(41)35-11-13-4-6-16(29)24(23(13)31)38-27-37-19-9-15(21(43-12-22(33)34)10-20(19)39(27)3)25(40)36-14-5-7-18(32)17(30)8-14/h4-10,22,42H,11-12H2,1-3H3,(H,35,41)(H,36,40)(H,37,38). The van der Waals surface area contributed by atoms with Crippen LogP contribution in [0.2, 0.25) is 15.1 Å². The number of nitrogens with zero attached hydrogens (tertiary/aromatic N) is 2. The number of anilines is 3. The molecule has 0 bridgehead atoms. The number of hydrogen-bond acceptors (Lipinski definition) is 6. The van der Waals surface area contributed by atoms with Gasteiger partial charge >= 0.3 is 0 Å². The molecule has 15 heteroatoms. The van der Waals surface area contributed by atoms with E-state index in [0.29, 0.717) is 11.1 Å². The van der Waals surface area contributed by atoms with Crippen LogP contribution in [0.5, 0.6) is 5.75 Å².